The average Bonchev–Trinajstić information content (AvgIpc) is 3.53. The van der Waals surface area contributed by atoms with Gasteiger partial charge in [0.15, 0.2) is 5.69 Å². The van der Waals surface area contributed by atoms with Gasteiger partial charge in [-0.2, -0.15) is 5.10 Å². The number of halogens is 2. The van der Waals surface area contributed by atoms with E-state index in [-0.39, 0.29) is 42.6 Å². The fourth-order valence-electron chi connectivity index (χ4n) is 3.95. The van der Waals surface area contributed by atoms with Gasteiger partial charge >= 0.3 is 0 Å². The molecule has 0 spiro atoms. The Morgan fingerprint density at radius 2 is 2.06 bits per heavy atom. The number of carbonyl (C=O) groups is 4. The predicted octanol–water partition coefficient (Wildman–Crippen LogP) is 0.941. The van der Waals surface area contributed by atoms with Gasteiger partial charge in [0.05, 0.1) is 23.8 Å². The van der Waals surface area contributed by atoms with Crippen LogP contribution in [0.5, 0.6) is 0 Å². The van der Waals surface area contributed by atoms with E-state index in [1.54, 1.807) is 18.2 Å². The van der Waals surface area contributed by atoms with Gasteiger partial charge in [-0.3, -0.25) is 29.6 Å². The summed E-state index contributed by atoms with van der Waals surface area (Å²) in [6, 6.07) is 4.14. The molecule has 0 saturated carbocycles. The molecule has 0 bridgehead atoms. The second-order valence-corrected chi connectivity index (χ2v) is 7.74. The summed E-state index contributed by atoms with van der Waals surface area (Å²) in [6.07, 6.45) is -0.0579. The molecule has 3 aromatic rings. The van der Waals surface area contributed by atoms with Crippen LogP contribution in [0.3, 0.4) is 0 Å². The van der Waals surface area contributed by atoms with Crippen LogP contribution in [0, 0.1) is 0 Å². The molecule has 1 saturated heterocycles. The topological polar surface area (TPSA) is 155 Å². The molecular weight excluding hydrogens is 454 g/mol. The lowest BCUT2D eigenvalue weighted by Crippen LogP contribution is -2.52. The number of fused-ring (bicyclic) bond motifs is 1. The number of H-pyrrole nitrogens is 1. The van der Waals surface area contributed by atoms with Gasteiger partial charge in [0.25, 0.3) is 18.2 Å². The summed E-state index contributed by atoms with van der Waals surface area (Å²) in [6.45, 7) is 0.174. The van der Waals surface area contributed by atoms with Gasteiger partial charge in [0.1, 0.15) is 11.7 Å². The summed E-state index contributed by atoms with van der Waals surface area (Å²) in [4.78, 5) is 50.2. The van der Waals surface area contributed by atoms with Crippen LogP contribution in [0.1, 0.15) is 51.4 Å². The molecule has 4 amide bonds. The number of alkyl halides is 2. The van der Waals surface area contributed by atoms with Gasteiger partial charge in [0.2, 0.25) is 11.8 Å². The Bertz CT molecular complexity index is 1330. The largest absolute Gasteiger partial charge is 0.322 e. The molecule has 2 aromatic heterocycles. The maximum absolute atomic E-state index is 12.9. The number of aromatic nitrogens is 5. The van der Waals surface area contributed by atoms with Crippen molar-refractivity contribution < 1.29 is 28.0 Å². The highest BCUT2D eigenvalue weighted by atomic mass is 19.3. The second-order valence-electron chi connectivity index (χ2n) is 7.74. The second kappa shape index (κ2) is 8.13. The maximum atomic E-state index is 12.9. The first-order valence-electron chi connectivity index (χ1n) is 10.1. The van der Waals surface area contributed by atoms with Crippen LogP contribution in [0.2, 0.25) is 0 Å². The number of nitrogens with zero attached hydrogens (tertiary/aromatic N) is 5. The third-order valence-electron chi connectivity index (χ3n) is 5.63. The smallest absolute Gasteiger partial charge is 0.281 e. The molecule has 3 N–H and O–H groups in total. The molecule has 14 heteroatoms. The molecule has 2 aliphatic rings. The summed E-state index contributed by atoms with van der Waals surface area (Å²) < 4.78 is 27.2. The predicted molar refractivity (Wildman–Crippen MR) is 109 cm³/mol. The number of carbonyl (C=O) groups excluding carboxylic acids is 4. The highest BCUT2D eigenvalue weighted by Gasteiger charge is 2.39. The molecule has 5 rings (SSSR count). The lowest BCUT2D eigenvalue weighted by atomic mass is 10.0. The van der Waals surface area contributed by atoms with Crippen molar-refractivity contribution in [3.63, 3.8) is 0 Å². The van der Waals surface area contributed by atoms with Crippen molar-refractivity contribution in [2.24, 2.45) is 0 Å². The Hall–Kier alpha value is -4.49. The van der Waals surface area contributed by atoms with Crippen LogP contribution in [-0.2, 0) is 16.1 Å². The standard InChI is InChI=1S/C20H16F2N8O4/c21-17(22)16-12(6-23-27-16)24-18(32)13-8-30(28-26-13)10-1-2-11-9(5-10)7-29(20(11)34)14-3-4-15(31)25-19(14)33/h1-2,5-6,8,14,17H,3-4,7H2,(H,23,27)(H,24,32)(H,25,31,33). The van der Waals surface area contributed by atoms with Crippen LogP contribution in [0.4, 0.5) is 14.5 Å². The third-order valence-corrected chi connectivity index (χ3v) is 5.63. The van der Waals surface area contributed by atoms with E-state index >= 15 is 0 Å². The molecule has 0 radical (unpaired) electrons. The lowest BCUT2D eigenvalue weighted by molar-refractivity contribution is -0.136. The molecule has 4 heterocycles. The highest BCUT2D eigenvalue weighted by molar-refractivity contribution is 6.05. The molecule has 1 atom stereocenters. The van der Waals surface area contributed by atoms with Crippen molar-refractivity contribution in [3.05, 3.63) is 53.1 Å². The van der Waals surface area contributed by atoms with Crippen molar-refractivity contribution >= 4 is 29.3 Å². The third kappa shape index (κ3) is 3.68. The molecule has 34 heavy (non-hydrogen) atoms. The fraction of sp³-hybridized carbons (Fsp3) is 0.250. The van der Waals surface area contributed by atoms with Crippen molar-refractivity contribution in [2.45, 2.75) is 31.9 Å². The minimum absolute atomic E-state index is 0.122. The number of nitrogens with one attached hydrogen (secondary N) is 3. The zero-order valence-electron chi connectivity index (χ0n) is 17.3. The molecule has 1 fully saturated rings. The van der Waals surface area contributed by atoms with Crippen LogP contribution in [0.15, 0.2) is 30.6 Å². The van der Waals surface area contributed by atoms with E-state index in [4.69, 9.17) is 0 Å². The summed E-state index contributed by atoms with van der Waals surface area (Å²) in [5, 5.41) is 17.9. The van der Waals surface area contributed by atoms with Crippen LogP contribution < -0.4 is 10.6 Å². The number of rotatable bonds is 5. The first-order chi connectivity index (χ1) is 16.3. The number of benzene rings is 1. The lowest BCUT2D eigenvalue weighted by Gasteiger charge is -2.29. The highest BCUT2D eigenvalue weighted by Crippen LogP contribution is 2.29. The number of piperidine rings is 1. The maximum Gasteiger partial charge on any atom is 0.281 e. The molecule has 0 aliphatic carbocycles. The average molecular weight is 470 g/mol. The monoisotopic (exact) mass is 470 g/mol. The minimum Gasteiger partial charge on any atom is -0.322 e. The van der Waals surface area contributed by atoms with Crippen LogP contribution in [0.25, 0.3) is 5.69 Å². The summed E-state index contributed by atoms with van der Waals surface area (Å²) in [5.41, 5.74) is 0.756. The molecular formula is C20H16F2N8O4. The SMILES string of the molecule is O=C1CCC(N2Cc3cc(-n4cc(C(=O)Nc5cn[nH]c5C(F)F)nn4)ccc3C2=O)C(=O)N1. The number of amides is 4. The van der Waals surface area contributed by atoms with Crippen molar-refractivity contribution in [1.82, 2.24) is 35.4 Å². The number of imide groups is 1. The van der Waals surface area contributed by atoms with Crippen LogP contribution in [-0.4, -0.2) is 59.8 Å². The summed E-state index contributed by atoms with van der Waals surface area (Å²) in [5.74, 6) is -1.94. The van der Waals surface area contributed by atoms with Gasteiger partial charge in [-0.15, -0.1) is 5.10 Å². The zero-order chi connectivity index (χ0) is 24.0. The van der Waals surface area contributed by atoms with E-state index in [2.05, 4.69) is 31.1 Å². The number of anilines is 1. The zero-order valence-corrected chi connectivity index (χ0v) is 17.3. The molecule has 1 aromatic carbocycles. The Morgan fingerprint density at radius 1 is 1.24 bits per heavy atom. The van der Waals surface area contributed by atoms with E-state index in [9.17, 15) is 28.0 Å². The minimum atomic E-state index is -2.85. The Balaban J connectivity index is 1.33. The van der Waals surface area contributed by atoms with Gasteiger partial charge in [-0.05, 0) is 30.2 Å². The summed E-state index contributed by atoms with van der Waals surface area (Å²) >= 11 is 0. The Morgan fingerprint density at radius 3 is 2.82 bits per heavy atom. The van der Waals surface area contributed by atoms with E-state index in [0.717, 1.165) is 6.20 Å². The number of hydrogen-bond acceptors (Lipinski definition) is 7. The Labute approximate surface area is 189 Å². The number of aromatic amines is 1. The number of hydrogen-bond donors (Lipinski definition) is 3. The van der Waals surface area contributed by atoms with Crippen LogP contribution >= 0.6 is 0 Å². The van der Waals surface area contributed by atoms with Gasteiger partial charge in [-0.1, -0.05) is 5.21 Å². The quantitative estimate of drug-likeness (QED) is 0.469. The molecule has 2 aliphatic heterocycles. The van der Waals surface area contributed by atoms with E-state index in [0.29, 0.717) is 16.8 Å². The first kappa shape index (κ1) is 21.4. The first-order valence-corrected chi connectivity index (χ1v) is 10.1. The van der Waals surface area contributed by atoms with E-state index in [1.165, 1.54) is 15.8 Å². The van der Waals surface area contributed by atoms with Crippen molar-refractivity contribution in [2.75, 3.05) is 5.32 Å². The van der Waals surface area contributed by atoms with Gasteiger partial charge in [0, 0.05) is 18.5 Å². The fourth-order valence-corrected chi connectivity index (χ4v) is 3.95. The Kier molecular flexibility index (Phi) is 5.11. The molecule has 174 valence electrons. The molecule has 1 unspecified atom stereocenters. The molecule has 12 nitrogen and oxygen atoms in total. The van der Waals surface area contributed by atoms with Crippen molar-refractivity contribution in [1.29, 1.82) is 0 Å². The normalized spacial score (nSPS) is 17.8. The van der Waals surface area contributed by atoms with Gasteiger partial charge in [-0.25, -0.2) is 13.5 Å². The van der Waals surface area contributed by atoms with E-state index < -0.39 is 30.0 Å². The summed E-state index contributed by atoms with van der Waals surface area (Å²) in [7, 11) is 0. The van der Waals surface area contributed by atoms with Gasteiger partial charge < -0.3 is 10.2 Å². The van der Waals surface area contributed by atoms with Crippen molar-refractivity contribution in [3.8, 4) is 5.69 Å². The van der Waals surface area contributed by atoms with E-state index in [1.807, 2.05) is 0 Å².